The molecule has 0 aliphatic carbocycles. The van der Waals surface area contributed by atoms with Crippen molar-refractivity contribution in [2.45, 2.75) is 6.10 Å². The Hall–Kier alpha value is -2.36. The molecule has 3 aliphatic rings. The van der Waals surface area contributed by atoms with E-state index in [1.807, 2.05) is 36.2 Å². The molecule has 3 aliphatic heterocycles. The quantitative estimate of drug-likeness (QED) is 0.614. The number of morpholine rings is 1. The second-order valence-corrected chi connectivity index (χ2v) is 8.32. The minimum Gasteiger partial charge on any atom is -0.486 e. The molecule has 31 heavy (non-hydrogen) atoms. The summed E-state index contributed by atoms with van der Waals surface area (Å²) in [7, 11) is 1.81. The summed E-state index contributed by atoms with van der Waals surface area (Å²) in [5, 5.41) is 0. The number of hydrogen-bond donors (Lipinski definition) is 0. The average Bonchev–Trinajstić information content (AvgIpc) is 2.80. The predicted molar refractivity (Wildman–Crippen MR) is 114 cm³/mol. The number of amides is 2. The molecular formula is C22H32N4O5. The Labute approximate surface area is 183 Å². The van der Waals surface area contributed by atoms with Gasteiger partial charge in [-0.15, -0.1) is 0 Å². The lowest BCUT2D eigenvalue weighted by molar-refractivity contribution is -0.138. The highest BCUT2D eigenvalue weighted by Crippen LogP contribution is 2.30. The van der Waals surface area contributed by atoms with Crippen molar-refractivity contribution in [1.29, 1.82) is 0 Å². The van der Waals surface area contributed by atoms with Crippen molar-refractivity contribution in [2.75, 3.05) is 85.8 Å². The van der Waals surface area contributed by atoms with Crippen LogP contribution in [0.25, 0.3) is 0 Å². The van der Waals surface area contributed by atoms with Crippen molar-refractivity contribution in [3.05, 3.63) is 24.3 Å². The van der Waals surface area contributed by atoms with Crippen LogP contribution in [0.2, 0.25) is 0 Å². The van der Waals surface area contributed by atoms with Gasteiger partial charge in [-0.1, -0.05) is 12.1 Å². The maximum Gasteiger partial charge on any atom is 0.236 e. The van der Waals surface area contributed by atoms with Crippen LogP contribution in [0, 0.1) is 0 Å². The van der Waals surface area contributed by atoms with Gasteiger partial charge in [0.05, 0.1) is 32.8 Å². The summed E-state index contributed by atoms with van der Waals surface area (Å²) in [4.78, 5) is 33.0. The molecule has 4 rings (SSSR count). The third-order valence-electron chi connectivity index (χ3n) is 6.02. The SMILES string of the molecule is CN(CC1COc2ccccc2O1)C(=O)CN1CCN(CC(=O)N2CCOCC2)CC1. The number of carbonyl (C=O) groups excluding carboxylic acids is 2. The monoisotopic (exact) mass is 432 g/mol. The zero-order valence-electron chi connectivity index (χ0n) is 18.2. The van der Waals surface area contributed by atoms with Gasteiger partial charge >= 0.3 is 0 Å². The zero-order chi connectivity index (χ0) is 21.6. The van der Waals surface area contributed by atoms with Gasteiger partial charge in [-0.3, -0.25) is 19.4 Å². The fraction of sp³-hybridized carbons (Fsp3) is 0.636. The molecule has 0 saturated carbocycles. The number of benzene rings is 1. The van der Waals surface area contributed by atoms with E-state index in [2.05, 4.69) is 9.80 Å². The molecule has 2 fully saturated rings. The Kier molecular flexibility index (Phi) is 7.26. The summed E-state index contributed by atoms with van der Waals surface area (Å²) in [6.45, 7) is 7.52. The number of nitrogens with zero attached hydrogens (tertiary/aromatic N) is 4. The molecule has 2 saturated heterocycles. The number of ether oxygens (including phenoxy) is 3. The van der Waals surface area contributed by atoms with Gasteiger partial charge in [-0.05, 0) is 12.1 Å². The molecule has 0 spiro atoms. The van der Waals surface area contributed by atoms with E-state index in [0.717, 1.165) is 37.7 Å². The van der Waals surface area contributed by atoms with Gasteiger partial charge in [0.15, 0.2) is 17.6 Å². The van der Waals surface area contributed by atoms with Crippen molar-refractivity contribution >= 4 is 11.8 Å². The second-order valence-electron chi connectivity index (χ2n) is 8.32. The Morgan fingerprint density at radius 2 is 1.61 bits per heavy atom. The smallest absolute Gasteiger partial charge is 0.236 e. The molecule has 9 nitrogen and oxygen atoms in total. The summed E-state index contributed by atoms with van der Waals surface area (Å²) in [6, 6.07) is 7.59. The highest BCUT2D eigenvalue weighted by molar-refractivity contribution is 5.78. The maximum atomic E-state index is 12.7. The number of fused-ring (bicyclic) bond motifs is 1. The van der Waals surface area contributed by atoms with Crippen molar-refractivity contribution in [3.8, 4) is 11.5 Å². The maximum absolute atomic E-state index is 12.7. The normalized spacial score (nSPS) is 22.2. The van der Waals surface area contributed by atoms with Crippen molar-refractivity contribution in [2.24, 2.45) is 0 Å². The molecule has 1 unspecified atom stereocenters. The lowest BCUT2D eigenvalue weighted by atomic mass is 10.2. The average molecular weight is 433 g/mol. The molecule has 3 heterocycles. The van der Waals surface area contributed by atoms with Crippen LogP contribution >= 0.6 is 0 Å². The Morgan fingerprint density at radius 1 is 0.968 bits per heavy atom. The van der Waals surface area contributed by atoms with Crippen molar-refractivity contribution in [3.63, 3.8) is 0 Å². The van der Waals surface area contributed by atoms with Crippen molar-refractivity contribution in [1.82, 2.24) is 19.6 Å². The van der Waals surface area contributed by atoms with Crippen molar-refractivity contribution < 1.29 is 23.8 Å². The minimum atomic E-state index is -0.174. The zero-order valence-corrected chi connectivity index (χ0v) is 18.2. The molecular weight excluding hydrogens is 400 g/mol. The van der Waals surface area contributed by atoms with E-state index in [-0.39, 0.29) is 17.9 Å². The van der Waals surface area contributed by atoms with Gasteiger partial charge in [0.1, 0.15) is 6.61 Å². The molecule has 1 aromatic rings. The van der Waals surface area contributed by atoms with E-state index in [1.165, 1.54) is 0 Å². The summed E-state index contributed by atoms with van der Waals surface area (Å²) in [6.07, 6.45) is -0.174. The third kappa shape index (κ3) is 5.87. The fourth-order valence-electron chi connectivity index (χ4n) is 4.08. The van der Waals surface area contributed by atoms with E-state index >= 15 is 0 Å². The first-order valence-electron chi connectivity index (χ1n) is 11.0. The molecule has 9 heteroatoms. The lowest BCUT2D eigenvalue weighted by Crippen LogP contribution is -2.53. The van der Waals surface area contributed by atoms with Crippen LogP contribution in [0.4, 0.5) is 0 Å². The molecule has 170 valence electrons. The Bertz CT molecular complexity index is 762. The molecule has 2 amide bonds. The second kappa shape index (κ2) is 10.3. The van der Waals surface area contributed by atoms with Crippen LogP contribution in [0.3, 0.4) is 0 Å². The lowest BCUT2D eigenvalue weighted by Gasteiger charge is -2.36. The van der Waals surface area contributed by atoms with Crippen LogP contribution in [0.5, 0.6) is 11.5 Å². The molecule has 0 bridgehead atoms. The van der Waals surface area contributed by atoms with E-state index in [4.69, 9.17) is 14.2 Å². The van der Waals surface area contributed by atoms with Gasteiger partial charge < -0.3 is 24.0 Å². The van der Waals surface area contributed by atoms with Gasteiger partial charge in [0.25, 0.3) is 0 Å². The van der Waals surface area contributed by atoms with Gasteiger partial charge in [0, 0.05) is 46.3 Å². The Morgan fingerprint density at radius 3 is 2.32 bits per heavy atom. The molecule has 0 radical (unpaired) electrons. The van der Waals surface area contributed by atoms with Crippen LogP contribution in [-0.2, 0) is 14.3 Å². The summed E-state index contributed by atoms with van der Waals surface area (Å²) in [5.74, 6) is 1.71. The molecule has 0 aromatic heterocycles. The number of carbonyl (C=O) groups is 2. The largest absolute Gasteiger partial charge is 0.486 e. The van der Waals surface area contributed by atoms with Crippen LogP contribution in [0.1, 0.15) is 0 Å². The first-order valence-corrected chi connectivity index (χ1v) is 11.0. The number of piperazine rings is 1. The van der Waals surface area contributed by atoms with Crippen LogP contribution in [0.15, 0.2) is 24.3 Å². The Balaban J connectivity index is 1.16. The standard InChI is InChI=1S/C22H32N4O5/c1-23(14-18-17-30-19-4-2-3-5-20(19)31-18)21(27)15-24-6-8-25(9-7-24)16-22(28)26-10-12-29-13-11-26/h2-5,18H,6-17H2,1H3. The minimum absolute atomic E-state index is 0.0697. The summed E-state index contributed by atoms with van der Waals surface area (Å²) >= 11 is 0. The number of para-hydroxylation sites is 2. The third-order valence-corrected chi connectivity index (χ3v) is 6.02. The predicted octanol–water partition coefficient (Wildman–Crippen LogP) is -0.239. The van der Waals surface area contributed by atoms with E-state index < -0.39 is 0 Å². The number of hydrogen-bond acceptors (Lipinski definition) is 7. The van der Waals surface area contributed by atoms with Gasteiger partial charge in [0.2, 0.25) is 11.8 Å². The van der Waals surface area contributed by atoms with Gasteiger partial charge in [-0.2, -0.15) is 0 Å². The van der Waals surface area contributed by atoms with Gasteiger partial charge in [-0.25, -0.2) is 0 Å². The molecule has 0 N–H and O–H groups in total. The van der Waals surface area contributed by atoms with E-state index in [9.17, 15) is 9.59 Å². The first-order chi connectivity index (χ1) is 15.1. The van der Waals surface area contributed by atoms with E-state index in [0.29, 0.717) is 52.5 Å². The van der Waals surface area contributed by atoms with E-state index in [1.54, 1.807) is 4.90 Å². The highest BCUT2D eigenvalue weighted by Gasteiger charge is 2.27. The number of rotatable bonds is 6. The van der Waals surface area contributed by atoms with Crippen LogP contribution in [-0.4, -0.2) is 123 Å². The summed E-state index contributed by atoms with van der Waals surface area (Å²) in [5.41, 5.74) is 0. The molecule has 1 aromatic carbocycles. The summed E-state index contributed by atoms with van der Waals surface area (Å²) < 4.78 is 17.0. The topological polar surface area (TPSA) is 74.8 Å². The first kappa shape index (κ1) is 21.9. The number of likely N-dealkylation sites (N-methyl/N-ethyl adjacent to an activating group) is 1. The molecule has 1 atom stereocenters. The highest BCUT2D eigenvalue weighted by atomic mass is 16.6. The van der Waals surface area contributed by atoms with Crippen LogP contribution < -0.4 is 9.47 Å². The fourth-order valence-corrected chi connectivity index (χ4v) is 4.08.